The number of nitro benzene ring substituents is 2. The first-order valence-corrected chi connectivity index (χ1v) is 10.1. The number of anilines is 2. The summed E-state index contributed by atoms with van der Waals surface area (Å²) in [5.74, 6) is -0.341. The summed E-state index contributed by atoms with van der Waals surface area (Å²) in [6.45, 7) is 6.79. The Balaban J connectivity index is 2.59. The van der Waals surface area contributed by atoms with Gasteiger partial charge in [0.15, 0.2) is 5.69 Å². The summed E-state index contributed by atoms with van der Waals surface area (Å²) in [7, 11) is 0. The van der Waals surface area contributed by atoms with Crippen LogP contribution in [0.3, 0.4) is 0 Å². The molecule has 32 heavy (non-hydrogen) atoms. The third-order valence-corrected chi connectivity index (χ3v) is 4.93. The quantitative estimate of drug-likeness (QED) is 0.174. The van der Waals surface area contributed by atoms with Gasteiger partial charge >= 0.3 is 5.69 Å². The summed E-state index contributed by atoms with van der Waals surface area (Å²) >= 11 is 0.485. The molecule has 0 aromatic heterocycles. The van der Waals surface area contributed by atoms with Gasteiger partial charge in [0.1, 0.15) is 16.0 Å². The standard InChI is InChI=1S/C19H19N7O5S/c1-4-24(5-2)13-6-7-14(15(8-13)21-12(3)27)22-23-16-9-19(32-11-20)18(26(30)31)10-17(16)25(28)29/h6-10H,4-5H2,1-3H3,(H,21,27). The second-order valence-electron chi connectivity index (χ2n) is 6.27. The number of nitriles is 1. The van der Waals surface area contributed by atoms with E-state index in [0.717, 1.165) is 30.9 Å². The van der Waals surface area contributed by atoms with Crippen LogP contribution in [-0.2, 0) is 4.79 Å². The van der Waals surface area contributed by atoms with Crippen LogP contribution < -0.4 is 10.2 Å². The van der Waals surface area contributed by atoms with Gasteiger partial charge in [-0.15, -0.1) is 10.2 Å². The van der Waals surface area contributed by atoms with E-state index in [1.54, 1.807) is 23.6 Å². The number of nitrogens with zero attached hydrogens (tertiary/aromatic N) is 6. The highest BCUT2D eigenvalue weighted by Gasteiger charge is 2.25. The first kappa shape index (κ1) is 24.2. The van der Waals surface area contributed by atoms with E-state index in [1.807, 2.05) is 13.8 Å². The van der Waals surface area contributed by atoms with Gasteiger partial charge in [-0.2, -0.15) is 5.26 Å². The molecule has 2 aromatic carbocycles. The number of hydrogen-bond donors (Lipinski definition) is 1. The molecule has 1 N–H and O–H groups in total. The van der Waals surface area contributed by atoms with Crippen molar-refractivity contribution in [3.8, 4) is 5.40 Å². The minimum atomic E-state index is -0.819. The highest BCUT2D eigenvalue weighted by molar-refractivity contribution is 8.03. The predicted octanol–water partition coefficient (Wildman–Crippen LogP) is 5.30. The van der Waals surface area contributed by atoms with Gasteiger partial charge < -0.3 is 10.2 Å². The molecule has 0 atom stereocenters. The molecule has 0 heterocycles. The number of azo groups is 1. The van der Waals surface area contributed by atoms with Crippen molar-refractivity contribution in [2.24, 2.45) is 10.2 Å². The van der Waals surface area contributed by atoms with Crippen LogP contribution in [0.4, 0.5) is 34.1 Å². The highest BCUT2D eigenvalue weighted by atomic mass is 32.2. The number of thiocyanates is 1. The number of carbonyl (C=O) groups is 1. The molecule has 2 rings (SSSR count). The first-order valence-electron chi connectivity index (χ1n) is 9.32. The van der Waals surface area contributed by atoms with Crippen molar-refractivity contribution < 1.29 is 14.6 Å². The summed E-state index contributed by atoms with van der Waals surface area (Å²) < 4.78 is 0. The fraction of sp³-hybridized carbons (Fsp3) is 0.263. The number of nitrogens with one attached hydrogen (secondary N) is 1. The Morgan fingerprint density at radius 2 is 1.72 bits per heavy atom. The van der Waals surface area contributed by atoms with Crippen molar-refractivity contribution in [3.63, 3.8) is 0 Å². The lowest BCUT2D eigenvalue weighted by Crippen LogP contribution is -2.21. The van der Waals surface area contributed by atoms with E-state index >= 15 is 0 Å². The first-order chi connectivity index (χ1) is 15.2. The molecule has 2 aromatic rings. The molecule has 0 radical (unpaired) electrons. The van der Waals surface area contributed by atoms with Crippen LogP contribution in [0.25, 0.3) is 0 Å². The molecule has 0 saturated heterocycles. The third-order valence-electron chi connectivity index (χ3n) is 4.29. The lowest BCUT2D eigenvalue weighted by Gasteiger charge is -2.22. The maximum absolute atomic E-state index is 11.6. The van der Waals surface area contributed by atoms with Gasteiger partial charge in [0, 0.05) is 25.7 Å². The Morgan fingerprint density at radius 1 is 1.09 bits per heavy atom. The second kappa shape index (κ2) is 10.8. The Morgan fingerprint density at radius 3 is 2.25 bits per heavy atom. The van der Waals surface area contributed by atoms with Crippen LogP contribution in [0, 0.1) is 30.9 Å². The van der Waals surface area contributed by atoms with Crippen molar-refractivity contribution in [3.05, 3.63) is 50.6 Å². The molecule has 0 spiro atoms. The van der Waals surface area contributed by atoms with Gasteiger partial charge in [-0.1, -0.05) is 0 Å². The fourth-order valence-electron chi connectivity index (χ4n) is 2.84. The van der Waals surface area contributed by atoms with E-state index in [9.17, 15) is 25.0 Å². The van der Waals surface area contributed by atoms with E-state index in [-0.39, 0.29) is 22.2 Å². The minimum Gasteiger partial charge on any atom is -0.372 e. The van der Waals surface area contributed by atoms with Crippen molar-refractivity contribution in [2.75, 3.05) is 23.3 Å². The SMILES string of the molecule is CCN(CC)c1ccc(N=Nc2cc(SC#N)c([N+](=O)[O-])cc2[N+](=O)[O-])c(NC(C)=O)c1. The van der Waals surface area contributed by atoms with Gasteiger partial charge in [-0.25, -0.2) is 0 Å². The minimum absolute atomic E-state index is 0.101. The van der Waals surface area contributed by atoms with Crippen molar-refractivity contribution in [2.45, 2.75) is 25.7 Å². The van der Waals surface area contributed by atoms with Crippen LogP contribution in [0.15, 0.2) is 45.5 Å². The van der Waals surface area contributed by atoms with E-state index in [4.69, 9.17) is 5.26 Å². The van der Waals surface area contributed by atoms with Crippen LogP contribution >= 0.6 is 11.8 Å². The van der Waals surface area contributed by atoms with Crippen LogP contribution in [0.2, 0.25) is 0 Å². The third kappa shape index (κ3) is 5.76. The molecule has 1 amide bonds. The molecular formula is C19H19N7O5S. The molecule has 0 aliphatic rings. The van der Waals surface area contributed by atoms with Gasteiger partial charge in [-0.3, -0.25) is 25.0 Å². The summed E-state index contributed by atoms with van der Waals surface area (Å²) in [5, 5.41) is 43.8. The topological polar surface area (TPSA) is 167 Å². The molecule has 166 valence electrons. The summed E-state index contributed by atoms with van der Waals surface area (Å²) in [6, 6.07) is 6.89. The molecule has 0 bridgehead atoms. The van der Waals surface area contributed by atoms with Crippen molar-refractivity contribution >= 4 is 51.8 Å². The smallest absolute Gasteiger partial charge is 0.303 e. The van der Waals surface area contributed by atoms with E-state index in [2.05, 4.69) is 20.4 Å². The molecule has 0 aliphatic carbocycles. The number of nitro groups is 2. The normalized spacial score (nSPS) is 10.6. The monoisotopic (exact) mass is 457 g/mol. The van der Waals surface area contributed by atoms with E-state index in [0.29, 0.717) is 17.4 Å². The Kier molecular flexibility index (Phi) is 8.19. The summed E-state index contributed by atoms with van der Waals surface area (Å²) in [4.78, 5) is 34.6. The number of amides is 1. The zero-order valence-electron chi connectivity index (χ0n) is 17.4. The van der Waals surface area contributed by atoms with Crippen LogP contribution in [0.1, 0.15) is 20.8 Å². The van der Waals surface area contributed by atoms with Crippen molar-refractivity contribution in [1.29, 1.82) is 5.26 Å². The second-order valence-corrected chi connectivity index (χ2v) is 7.10. The van der Waals surface area contributed by atoms with E-state index in [1.165, 1.54) is 6.92 Å². The molecular weight excluding hydrogens is 438 g/mol. The maximum atomic E-state index is 11.6. The molecule has 0 fully saturated rings. The number of rotatable bonds is 9. The van der Waals surface area contributed by atoms with Gasteiger partial charge in [0.25, 0.3) is 5.69 Å². The average molecular weight is 457 g/mol. The molecule has 12 nitrogen and oxygen atoms in total. The Hall–Kier alpha value is -4.05. The largest absolute Gasteiger partial charge is 0.372 e. The van der Waals surface area contributed by atoms with Crippen molar-refractivity contribution in [1.82, 2.24) is 0 Å². The summed E-state index contributed by atoms with van der Waals surface area (Å²) in [5.41, 5.74) is -0.0555. The number of carbonyl (C=O) groups excluding carboxylic acids is 1. The van der Waals surface area contributed by atoms with Crippen LogP contribution in [-0.4, -0.2) is 28.8 Å². The van der Waals surface area contributed by atoms with Gasteiger partial charge in [0.05, 0.1) is 21.6 Å². The average Bonchev–Trinajstić information content (AvgIpc) is 2.73. The Labute approximate surface area is 187 Å². The molecule has 13 heteroatoms. The highest BCUT2D eigenvalue weighted by Crippen LogP contribution is 2.40. The van der Waals surface area contributed by atoms with Gasteiger partial charge in [0.2, 0.25) is 5.91 Å². The zero-order valence-corrected chi connectivity index (χ0v) is 18.3. The predicted molar refractivity (Wildman–Crippen MR) is 120 cm³/mol. The molecule has 0 saturated carbocycles. The number of benzene rings is 2. The fourth-order valence-corrected chi connectivity index (χ4v) is 3.35. The Bertz CT molecular complexity index is 1130. The molecule has 0 unspecified atom stereocenters. The lowest BCUT2D eigenvalue weighted by atomic mass is 10.2. The van der Waals surface area contributed by atoms with E-state index < -0.39 is 21.2 Å². The molecule has 0 aliphatic heterocycles. The maximum Gasteiger partial charge on any atom is 0.303 e. The number of hydrogen-bond acceptors (Lipinski definition) is 10. The number of thioether (sulfide) groups is 1. The summed E-state index contributed by atoms with van der Waals surface area (Å²) in [6.07, 6.45) is 0. The zero-order chi connectivity index (χ0) is 23.8. The van der Waals surface area contributed by atoms with Crippen LogP contribution in [0.5, 0.6) is 0 Å². The van der Waals surface area contributed by atoms with Gasteiger partial charge in [-0.05, 0) is 49.9 Å². The lowest BCUT2D eigenvalue weighted by molar-refractivity contribution is -0.395.